The van der Waals surface area contributed by atoms with Gasteiger partial charge in [0.2, 0.25) is 0 Å². The summed E-state index contributed by atoms with van der Waals surface area (Å²) >= 11 is 0. The molecule has 1 heterocycles. The molecule has 26 heavy (non-hydrogen) atoms. The molecule has 2 heteroatoms. The van der Waals surface area contributed by atoms with Gasteiger partial charge in [-0.15, -0.1) is 0 Å². The normalized spacial score (nSPS) is 51.5. The lowest BCUT2D eigenvalue weighted by molar-refractivity contribution is -0.347. The average Bonchev–Trinajstić information content (AvgIpc) is 2.90. The third kappa shape index (κ3) is 2.24. The Balaban J connectivity index is 1.43. The first-order valence-corrected chi connectivity index (χ1v) is 11.2. The Labute approximate surface area is 160 Å². The zero-order valence-corrected chi connectivity index (χ0v) is 17.4. The van der Waals surface area contributed by atoms with Crippen molar-refractivity contribution in [1.82, 2.24) is 0 Å². The van der Waals surface area contributed by atoms with E-state index in [0.717, 1.165) is 43.3 Å². The summed E-state index contributed by atoms with van der Waals surface area (Å²) in [6, 6.07) is 0. The monoisotopic (exact) mass is 358 g/mol. The maximum atomic E-state index is 6.59. The summed E-state index contributed by atoms with van der Waals surface area (Å²) in [5, 5.41) is 0. The van der Waals surface area contributed by atoms with Crippen LogP contribution in [0.4, 0.5) is 0 Å². The van der Waals surface area contributed by atoms with E-state index in [1.54, 1.807) is 0 Å². The van der Waals surface area contributed by atoms with Crippen molar-refractivity contribution in [2.24, 2.45) is 39.9 Å². The second-order valence-electron chi connectivity index (χ2n) is 11.5. The molecule has 1 spiro atoms. The lowest BCUT2D eigenvalue weighted by Gasteiger charge is -2.61. The molecule has 3 saturated carbocycles. The SMILES string of the molecule is CC1(C)COC2(CC[C@H]3[C@@H]4CC[C@H]5C=CCC[C@]5(C)[C@H]4CC[C@@]32C)OC1. The van der Waals surface area contributed by atoms with Crippen LogP contribution in [0.25, 0.3) is 0 Å². The van der Waals surface area contributed by atoms with Crippen LogP contribution in [-0.4, -0.2) is 19.0 Å². The van der Waals surface area contributed by atoms with Gasteiger partial charge in [0, 0.05) is 17.3 Å². The quantitative estimate of drug-likeness (QED) is 0.497. The van der Waals surface area contributed by atoms with E-state index < -0.39 is 0 Å². The number of fused-ring (bicyclic) bond motifs is 6. The molecule has 6 atom stereocenters. The van der Waals surface area contributed by atoms with E-state index in [2.05, 4.69) is 39.8 Å². The van der Waals surface area contributed by atoms with Crippen molar-refractivity contribution in [2.75, 3.05) is 13.2 Å². The van der Waals surface area contributed by atoms with Gasteiger partial charge < -0.3 is 9.47 Å². The van der Waals surface area contributed by atoms with Gasteiger partial charge >= 0.3 is 0 Å². The van der Waals surface area contributed by atoms with Gasteiger partial charge in [0.05, 0.1) is 13.2 Å². The average molecular weight is 359 g/mol. The summed E-state index contributed by atoms with van der Waals surface area (Å²) < 4.78 is 13.2. The zero-order valence-electron chi connectivity index (χ0n) is 17.4. The highest BCUT2D eigenvalue weighted by Crippen LogP contribution is 2.69. The second-order valence-corrected chi connectivity index (χ2v) is 11.5. The van der Waals surface area contributed by atoms with E-state index in [9.17, 15) is 0 Å². The molecular formula is C24H38O2. The molecule has 0 bridgehead atoms. The summed E-state index contributed by atoms with van der Waals surface area (Å²) in [7, 11) is 0. The molecular weight excluding hydrogens is 320 g/mol. The van der Waals surface area contributed by atoms with Gasteiger partial charge in [-0.05, 0) is 74.0 Å². The van der Waals surface area contributed by atoms with Crippen LogP contribution in [0.5, 0.6) is 0 Å². The topological polar surface area (TPSA) is 18.5 Å². The van der Waals surface area contributed by atoms with Gasteiger partial charge in [-0.3, -0.25) is 0 Å². The molecule has 0 amide bonds. The molecule has 4 fully saturated rings. The molecule has 1 saturated heterocycles. The highest BCUT2D eigenvalue weighted by atomic mass is 16.7. The van der Waals surface area contributed by atoms with Crippen molar-refractivity contribution in [3.8, 4) is 0 Å². The van der Waals surface area contributed by atoms with E-state index in [-0.39, 0.29) is 16.6 Å². The summed E-state index contributed by atoms with van der Waals surface area (Å²) in [6.45, 7) is 11.4. The van der Waals surface area contributed by atoms with Crippen LogP contribution in [0.3, 0.4) is 0 Å². The third-order valence-corrected chi connectivity index (χ3v) is 9.60. The zero-order chi connectivity index (χ0) is 18.2. The summed E-state index contributed by atoms with van der Waals surface area (Å²) in [5.41, 5.74) is 0.931. The molecule has 1 aliphatic heterocycles. The number of rotatable bonds is 0. The molecule has 0 radical (unpaired) electrons. The largest absolute Gasteiger partial charge is 0.349 e. The second kappa shape index (κ2) is 5.60. The predicted octanol–water partition coefficient (Wildman–Crippen LogP) is 5.96. The van der Waals surface area contributed by atoms with Crippen LogP contribution >= 0.6 is 0 Å². The van der Waals surface area contributed by atoms with Crippen molar-refractivity contribution >= 4 is 0 Å². The van der Waals surface area contributed by atoms with Crippen LogP contribution in [0.15, 0.2) is 12.2 Å². The third-order valence-electron chi connectivity index (χ3n) is 9.60. The van der Waals surface area contributed by atoms with E-state index in [1.807, 2.05) is 0 Å². The lowest BCUT2D eigenvalue weighted by Crippen LogP contribution is -2.60. The summed E-state index contributed by atoms with van der Waals surface area (Å²) in [6.07, 6.45) is 15.7. The Hall–Kier alpha value is -0.340. The van der Waals surface area contributed by atoms with Crippen LogP contribution in [-0.2, 0) is 9.47 Å². The Morgan fingerprint density at radius 1 is 0.808 bits per heavy atom. The Kier molecular flexibility index (Phi) is 3.82. The lowest BCUT2D eigenvalue weighted by atomic mass is 9.46. The van der Waals surface area contributed by atoms with Gasteiger partial charge in [-0.2, -0.15) is 0 Å². The highest BCUT2D eigenvalue weighted by molar-refractivity contribution is 5.15. The van der Waals surface area contributed by atoms with E-state index >= 15 is 0 Å². The smallest absolute Gasteiger partial charge is 0.173 e. The van der Waals surface area contributed by atoms with Crippen molar-refractivity contribution in [3.05, 3.63) is 12.2 Å². The predicted molar refractivity (Wildman–Crippen MR) is 105 cm³/mol. The van der Waals surface area contributed by atoms with Gasteiger partial charge in [0.25, 0.3) is 0 Å². The molecule has 0 N–H and O–H groups in total. The molecule has 0 aromatic rings. The highest BCUT2D eigenvalue weighted by Gasteiger charge is 2.67. The summed E-state index contributed by atoms with van der Waals surface area (Å²) in [5.74, 6) is 3.15. The number of ether oxygens (including phenoxy) is 2. The molecule has 2 nitrogen and oxygen atoms in total. The standard InChI is InChI=1S/C24H38O2/c1-21(2)15-25-24(26-16-21)14-11-20-18-9-8-17-7-5-6-12-22(17,3)19(18)10-13-23(20,24)4/h5,7,17-20H,6,8-16H2,1-4H3/t17-,18-,19+,20+,22+,23+/m1/s1. The van der Waals surface area contributed by atoms with E-state index in [4.69, 9.17) is 9.47 Å². The maximum Gasteiger partial charge on any atom is 0.173 e. The van der Waals surface area contributed by atoms with Crippen molar-refractivity contribution in [2.45, 2.75) is 84.8 Å². The fraction of sp³-hybridized carbons (Fsp3) is 0.917. The number of hydrogen-bond acceptors (Lipinski definition) is 2. The molecule has 146 valence electrons. The van der Waals surface area contributed by atoms with E-state index in [1.165, 1.54) is 44.9 Å². The first kappa shape index (κ1) is 17.7. The fourth-order valence-corrected chi connectivity index (χ4v) is 7.97. The Bertz CT molecular complexity index is 597. The van der Waals surface area contributed by atoms with Crippen LogP contribution in [0.2, 0.25) is 0 Å². The maximum absolute atomic E-state index is 6.59. The fourth-order valence-electron chi connectivity index (χ4n) is 7.97. The van der Waals surface area contributed by atoms with Crippen LogP contribution in [0, 0.1) is 39.9 Å². The minimum absolute atomic E-state index is 0.164. The molecule has 4 aliphatic carbocycles. The van der Waals surface area contributed by atoms with Gasteiger partial charge in [-0.25, -0.2) is 0 Å². The Morgan fingerprint density at radius 3 is 2.31 bits per heavy atom. The molecule has 0 unspecified atom stereocenters. The van der Waals surface area contributed by atoms with Crippen molar-refractivity contribution in [3.63, 3.8) is 0 Å². The molecule has 0 aromatic heterocycles. The number of allylic oxidation sites excluding steroid dienone is 2. The van der Waals surface area contributed by atoms with Gasteiger partial charge in [-0.1, -0.05) is 39.8 Å². The first-order valence-electron chi connectivity index (χ1n) is 11.2. The minimum Gasteiger partial charge on any atom is -0.349 e. The van der Waals surface area contributed by atoms with E-state index in [0.29, 0.717) is 5.41 Å². The van der Waals surface area contributed by atoms with Gasteiger partial charge in [0.15, 0.2) is 5.79 Å². The minimum atomic E-state index is -0.289. The Morgan fingerprint density at radius 2 is 1.54 bits per heavy atom. The first-order chi connectivity index (χ1) is 12.3. The van der Waals surface area contributed by atoms with Crippen molar-refractivity contribution < 1.29 is 9.47 Å². The van der Waals surface area contributed by atoms with Gasteiger partial charge in [0.1, 0.15) is 0 Å². The van der Waals surface area contributed by atoms with Crippen LogP contribution < -0.4 is 0 Å². The van der Waals surface area contributed by atoms with Crippen molar-refractivity contribution in [1.29, 1.82) is 0 Å². The molecule has 0 aromatic carbocycles. The summed E-state index contributed by atoms with van der Waals surface area (Å²) in [4.78, 5) is 0. The molecule has 5 rings (SSSR count). The molecule has 5 aliphatic rings. The van der Waals surface area contributed by atoms with Crippen LogP contribution in [0.1, 0.15) is 79.1 Å². The number of hydrogen-bond donors (Lipinski definition) is 0.